The summed E-state index contributed by atoms with van der Waals surface area (Å²) in [6, 6.07) is 44.2. The maximum Gasteiger partial charge on any atom is 0.0152 e. The molecule has 0 saturated carbocycles. The van der Waals surface area contributed by atoms with Gasteiger partial charge in [-0.2, -0.15) is 0 Å². The lowest BCUT2D eigenvalue weighted by Gasteiger charge is -2.34. The minimum absolute atomic E-state index is 0.0858. The standard InChI is InChI=1S/C38H38/c1-27-26-31(24-25-34(27)38(5,6)36-19-13-12-18-35(36)37(2,3)4)28-20-22-30(23-21-28)33-17-11-10-16-32(33)29-14-8-7-9-15-29/h7-26H,1-6H3. The van der Waals surface area contributed by atoms with Crippen LogP contribution in [0.2, 0.25) is 0 Å². The second-order valence-corrected chi connectivity index (χ2v) is 11.9. The molecule has 38 heavy (non-hydrogen) atoms. The predicted octanol–water partition coefficient (Wildman–Crippen LogP) is 10.6. The van der Waals surface area contributed by atoms with Crippen molar-refractivity contribution in [2.45, 2.75) is 52.4 Å². The molecular weight excluding hydrogens is 456 g/mol. The molecule has 0 unspecified atom stereocenters. The van der Waals surface area contributed by atoms with Crippen molar-refractivity contribution in [1.82, 2.24) is 0 Å². The number of rotatable bonds is 5. The molecule has 0 aliphatic rings. The summed E-state index contributed by atoms with van der Waals surface area (Å²) in [5.41, 5.74) is 13.1. The van der Waals surface area contributed by atoms with E-state index in [0.717, 1.165) is 0 Å². The Hall–Kier alpha value is -3.90. The van der Waals surface area contributed by atoms with Crippen LogP contribution in [0, 0.1) is 6.92 Å². The van der Waals surface area contributed by atoms with Crippen LogP contribution in [0.4, 0.5) is 0 Å². The van der Waals surface area contributed by atoms with E-state index in [1.807, 2.05) is 0 Å². The maximum atomic E-state index is 2.36. The number of hydrogen-bond acceptors (Lipinski definition) is 0. The van der Waals surface area contributed by atoms with Gasteiger partial charge in [0.1, 0.15) is 0 Å². The Morgan fingerprint density at radius 1 is 0.395 bits per heavy atom. The zero-order valence-corrected chi connectivity index (χ0v) is 23.5. The van der Waals surface area contributed by atoms with E-state index in [2.05, 4.69) is 163 Å². The fraction of sp³-hybridized carbons (Fsp3) is 0.211. The van der Waals surface area contributed by atoms with Crippen LogP contribution in [-0.2, 0) is 10.8 Å². The van der Waals surface area contributed by atoms with Crippen molar-refractivity contribution in [3.8, 4) is 33.4 Å². The first kappa shape index (κ1) is 25.7. The van der Waals surface area contributed by atoms with Gasteiger partial charge in [-0.3, -0.25) is 0 Å². The number of benzene rings is 5. The van der Waals surface area contributed by atoms with E-state index in [1.54, 1.807) is 0 Å². The summed E-state index contributed by atoms with van der Waals surface area (Å²) in [7, 11) is 0. The Morgan fingerprint density at radius 2 is 0.868 bits per heavy atom. The molecule has 5 aromatic carbocycles. The minimum Gasteiger partial charge on any atom is -0.0622 e. The topological polar surface area (TPSA) is 0 Å². The van der Waals surface area contributed by atoms with Crippen molar-refractivity contribution >= 4 is 0 Å². The van der Waals surface area contributed by atoms with Crippen LogP contribution >= 0.6 is 0 Å². The van der Waals surface area contributed by atoms with Crippen LogP contribution in [-0.4, -0.2) is 0 Å². The average Bonchev–Trinajstić information content (AvgIpc) is 2.93. The van der Waals surface area contributed by atoms with E-state index < -0.39 is 0 Å². The molecule has 0 radical (unpaired) electrons. The molecule has 0 nitrogen and oxygen atoms in total. The van der Waals surface area contributed by atoms with Crippen LogP contribution in [0.3, 0.4) is 0 Å². The Labute approximate surface area is 229 Å². The lowest BCUT2D eigenvalue weighted by atomic mass is 9.70. The van der Waals surface area contributed by atoms with E-state index in [-0.39, 0.29) is 10.8 Å². The molecule has 5 rings (SSSR count). The third-order valence-electron chi connectivity index (χ3n) is 7.85. The lowest BCUT2D eigenvalue weighted by molar-refractivity contribution is 0.548. The van der Waals surface area contributed by atoms with Crippen molar-refractivity contribution in [3.63, 3.8) is 0 Å². The third kappa shape index (κ3) is 4.96. The van der Waals surface area contributed by atoms with E-state index in [9.17, 15) is 0 Å². The molecule has 0 aliphatic heterocycles. The van der Waals surface area contributed by atoms with E-state index >= 15 is 0 Å². The first-order valence-corrected chi connectivity index (χ1v) is 13.6. The van der Waals surface area contributed by atoms with Gasteiger partial charge in [-0.05, 0) is 68.0 Å². The molecule has 0 heterocycles. The maximum absolute atomic E-state index is 2.36. The highest BCUT2D eigenvalue weighted by molar-refractivity contribution is 5.84. The quantitative estimate of drug-likeness (QED) is 0.228. The van der Waals surface area contributed by atoms with Crippen LogP contribution < -0.4 is 0 Å². The lowest BCUT2D eigenvalue weighted by Crippen LogP contribution is -2.26. The van der Waals surface area contributed by atoms with E-state index in [4.69, 9.17) is 0 Å². The second-order valence-electron chi connectivity index (χ2n) is 11.9. The molecule has 0 N–H and O–H groups in total. The van der Waals surface area contributed by atoms with Gasteiger partial charge in [0.15, 0.2) is 0 Å². The second kappa shape index (κ2) is 10.1. The molecule has 0 aliphatic carbocycles. The first-order valence-electron chi connectivity index (χ1n) is 13.6. The Kier molecular flexibility index (Phi) is 6.84. The SMILES string of the molecule is Cc1cc(-c2ccc(-c3ccccc3-c3ccccc3)cc2)ccc1C(C)(C)c1ccccc1C(C)(C)C. The van der Waals surface area contributed by atoms with Gasteiger partial charge in [0.25, 0.3) is 0 Å². The minimum atomic E-state index is -0.0858. The summed E-state index contributed by atoms with van der Waals surface area (Å²) < 4.78 is 0. The summed E-state index contributed by atoms with van der Waals surface area (Å²) >= 11 is 0. The van der Waals surface area contributed by atoms with E-state index in [0.29, 0.717) is 0 Å². The van der Waals surface area contributed by atoms with Crippen LogP contribution in [0.5, 0.6) is 0 Å². The zero-order chi connectivity index (χ0) is 26.9. The molecule has 0 bridgehead atoms. The van der Waals surface area contributed by atoms with Crippen molar-refractivity contribution in [3.05, 3.63) is 144 Å². The van der Waals surface area contributed by atoms with Crippen molar-refractivity contribution in [2.75, 3.05) is 0 Å². The van der Waals surface area contributed by atoms with Gasteiger partial charge in [0, 0.05) is 5.41 Å². The predicted molar refractivity (Wildman–Crippen MR) is 165 cm³/mol. The summed E-state index contributed by atoms with van der Waals surface area (Å²) in [5, 5.41) is 0. The smallest absolute Gasteiger partial charge is 0.0152 e. The summed E-state index contributed by atoms with van der Waals surface area (Å²) in [5.74, 6) is 0. The zero-order valence-electron chi connectivity index (χ0n) is 23.5. The summed E-state index contributed by atoms with van der Waals surface area (Å²) in [4.78, 5) is 0. The van der Waals surface area contributed by atoms with Crippen LogP contribution in [0.15, 0.2) is 121 Å². The van der Waals surface area contributed by atoms with Crippen LogP contribution in [0.25, 0.3) is 33.4 Å². The first-order chi connectivity index (χ1) is 18.2. The normalized spacial score (nSPS) is 11.9. The monoisotopic (exact) mass is 494 g/mol. The van der Waals surface area contributed by atoms with Gasteiger partial charge in [-0.25, -0.2) is 0 Å². The molecule has 0 amide bonds. The summed E-state index contributed by atoms with van der Waals surface area (Å²) in [6.45, 7) is 13.9. The molecule has 0 atom stereocenters. The largest absolute Gasteiger partial charge is 0.0622 e. The van der Waals surface area contributed by atoms with Gasteiger partial charge in [-0.15, -0.1) is 0 Å². The molecule has 0 heteroatoms. The van der Waals surface area contributed by atoms with E-state index in [1.165, 1.54) is 55.6 Å². The molecule has 0 spiro atoms. The Morgan fingerprint density at radius 3 is 1.45 bits per heavy atom. The number of aryl methyl sites for hydroxylation is 1. The van der Waals surface area contributed by atoms with Crippen LogP contribution in [0.1, 0.15) is 56.9 Å². The molecule has 190 valence electrons. The van der Waals surface area contributed by atoms with Gasteiger partial charge < -0.3 is 0 Å². The third-order valence-corrected chi connectivity index (χ3v) is 7.85. The highest BCUT2D eigenvalue weighted by atomic mass is 14.3. The number of hydrogen-bond donors (Lipinski definition) is 0. The van der Waals surface area contributed by atoms with Crippen molar-refractivity contribution in [2.24, 2.45) is 0 Å². The van der Waals surface area contributed by atoms with Gasteiger partial charge in [0.05, 0.1) is 0 Å². The van der Waals surface area contributed by atoms with Gasteiger partial charge in [0.2, 0.25) is 0 Å². The van der Waals surface area contributed by atoms with Crippen molar-refractivity contribution < 1.29 is 0 Å². The Bertz CT molecular complexity index is 1540. The average molecular weight is 495 g/mol. The fourth-order valence-electron chi connectivity index (χ4n) is 5.82. The van der Waals surface area contributed by atoms with Gasteiger partial charge >= 0.3 is 0 Å². The highest BCUT2D eigenvalue weighted by Gasteiger charge is 2.30. The molecular formula is C38H38. The molecule has 0 fully saturated rings. The molecule has 0 aromatic heterocycles. The molecule has 0 saturated heterocycles. The van der Waals surface area contributed by atoms with Gasteiger partial charge in [-0.1, -0.05) is 156 Å². The fourth-order valence-corrected chi connectivity index (χ4v) is 5.82. The van der Waals surface area contributed by atoms with Crippen molar-refractivity contribution in [1.29, 1.82) is 0 Å². The highest BCUT2D eigenvalue weighted by Crippen LogP contribution is 2.40. The summed E-state index contributed by atoms with van der Waals surface area (Å²) in [6.07, 6.45) is 0. The Balaban J connectivity index is 1.47. The molecule has 5 aromatic rings.